The molecule has 0 radical (unpaired) electrons. The molecule has 1 saturated carbocycles. The highest BCUT2D eigenvalue weighted by Gasteiger charge is 2.28. The quantitative estimate of drug-likeness (QED) is 0.302. The Labute approximate surface area is 238 Å². The number of hydrogen-bond acceptors (Lipinski definition) is 3. The monoisotopic (exact) mass is 583 g/mol. The Morgan fingerprint density at radius 2 is 1.71 bits per heavy atom. The van der Waals surface area contributed by atoms with Crippen molar-refractivity contribution in [3.8, 4) is 11.3 Å². The van der Waals surface area contributed by atoms with Crippen molar-refractivity contribution in [3.63, 3.8) is 0 Å². The van der Waals surface area contributed by atoms with Gasteiger partial charge in [0.2, 0.25) is 10.0 Å². The Morgan fingerprint density at radius 1 is 1.08 bits per heavy atom. The first-order valence-electron chi connectivity index (χ1n) is 13.8. The molecule has 0 aliphatic heterocycles. The highest BCUT2D eigenvalue weighted by molar-refractivity contribution is 7.89. The molecule has 0 spiro atoms. The second-order valence-corrected chi connectivity index (χ2v) is 14.0. The van der Waals surface area contributed by atoms with Crippen LogP contribution in [-0.4, -0.2) is 31.0 Å². The standard InChI is InChI=1S/C29H43Cl2N3O3S/c1-7-20(8-2)17-32-28(35)23-16-24(34(19(23)3)18-21-12-10-9-11-13-21)22-14-15-25(27(31)26(22)30)38(36,37)33-29(4,5)6/h14-16,20-21,33H,7-13,17-18H2,1-6H3,(H,32,35). The maximum absolute atomic E-state index is 13.3. The Bertz CT molecular complexity index is 1240. The largest absolute Gasteiger partial charge is 0.352 e. The van der Waals surface area contributed by atoms with Crippen LogP contribution in [0.5, 0.6) is 0 Å². The van der Waals surface area contributed by atoms with Gasteiger partial charge in [-0.15, -0.1) is 0 Å². The third kappa shape index (κ3) is 7.35. The summed E-state index contributed by atoms with van der Waals surface area (Å²) in [6.07, 6.45) is 8.01. The van der Waals surface area contributed by atoms with E-state index in [0.29, 0.717) is 29.5 Å². The first-order valence-corrected chi connectivity index (χ1v) is 16.0. The molecule has 9 heteroatoms. The van der Waals surface area contributed by atoms with E-state index in [-0.39, 0.29) is 20.8 Å². The van der Waals surface area contributed by atoms with Crippen molar-refractivity contribution in [2.45, 2.75) is 103 Å². The van der Waals surface area contributed by atoms with Crippen molar-refractivity contribution >= 4 is 39.1 Å². The lowest BCUT2D eigenvalue weighted by Gasteiger charge is -2.25. The van der Waals surface area contributed by atoms with Crippen molar-refractivity contribution in [2.75, 3.05) is 6.54 Å². The Balaban J connectivity index is 2.06. The first kappa shape index (κ1) is 31.0. The van der Waals surface area contributed by atoms with Crippen LogP contribution in [0.4, 0.5) is 0 Å². The van der Waals surface area contributed by atoms with Crippen LogP contribution in [0, 0.1) is 18.8 Å². The summed E-state index contributed by atoms with van der Waals surface area (Å²) in [6.45, 7) is 13.0. The molecule has 38 heavy (non-hydrogen) atoms. The number of rotatable bonds is 10. The van der Waals surface area contributed by atoms with E-state index < -0.39 is 15.6 Å². The average Bonchev–Trinajstić information content (AvgIpc) is 3.16. The molecule has 2 aromatic rings. The van der Waals surface area contributed by atoms with Gasteiger partial charge in [-0.3, -0.25) is 4.79 Å². The lowest BCUT2D eigenvalue weighted by molar-refractivity contribution is 0.0945. The van der Waals surface area contributed by atoms with Crippen LogP contribution in [0.2, 0.25) is 10.0 Å². The van der Waals surface area contributed by atoms with Gasteiger partial charge in [-0.1, -0.05) is 69.2 Å². The van der Waals surface area contributed by atoms with E-state index in [0.717, 1.165) is 43.6 Å². The number of carbonyl (C=O) groups excluding carboxylic acids is 1. The molecule has 212 valence electrons. The predicted octanol–water partition coefficient (Wildman–Crippen LogP) is 7.59. The van der Waals surface area contributed by atoms with Crippen LogP contribution >= 0.6 is 23.2 Å². The molecule has 3 rings (SSSR count). The molecule has 2 N–H and O–H groups in total. The number of benzene rings is 1. The van der Waals surface area contributed by atoms with E-state index >= 15 is 0 Å². The fourth-order valence-electron chi connectivity index (χ4n) is 5.27. The zero-order chi connectivity index (χ0) is 28.3. The van der Waals surface area contributed by atoms with Gasteiger partial charge < -0.3 is 9.88 Å². The van der Waals surface area contributed by atoms with Gasteiger partial charge in [-0.2, -0.15) is 0 Å². The molecule has 0 saturated heterocycles. The minimum absolute atomic E-state index is 0.0243. The summed E-state index contributed by atoms with van der Waals surface area (Å²) in [4.78, 5) is 13.2. The Hall–Kier alpha value is -1.54. The third-order valence-electron chi connectivity index (χ3n) is 7.54. The van der Waals surface area contributed by atoms with E-state index in [1.165, 1.54) is 25.3 Å². The van der Waals surface area contributed by atoms with Gasteiger partial charge in [0.05, 0.1) is 21.3 Å². The van der Waals surface area contributed by atoms with Gasteiger partial charge in [0.25, 0.3) is 5.91 Å². The number of hydrogen-bond donors (Lipinski definition) is 2. The second kappa shape index (κ2) is 12.8. The van der Waals surface area contributed by atoms with E-state index in [1.54, 1.807) is 26.8 Å². The van der Waals surface area contributed by atoms with Crippen LogP contribution in [-0.2, 0) is 16.6 Å². The van der Waals surface area contributed by atoms with Crippen molar-refractivity contribution < 1.29 is 13.2 Å². The molecule has 1 aromatic carbocycles. The molecule has 1 amide bonds. The normalized spacial score (nSPS) is 15.3. The summed E-state index contributed by atoms with van der Waals surface area (Å²) in [5.41, 5.74) is 2.21. The number of sulfonamides is 1. The molecule has 6 nitrogen and oxygen atoms in total. The molecule has 1 aliphatic carbocycles. The number of nitrogens with zero attached hydrogens (tertiary/aromatic N) is 1. The van der Waals surface area contributed by atoms with Crippen molar-refractivity contribution in [2.24, 2.45) is 11.8 Å². The van der Waals surface area contributed by atoms with Gasteiger partial charge in [-0.05, 0) is 70.6 Å². The number of nitrogens with one attached hydrogen (secondary N) is 2. The maximum atomic E-state index is 13.3. The van der Waals surface area contributed by atoms with Crippen molar-refractivity contribution in [3.05, 3.63) is 39.5 Å². The maximum Gasteiger partial charge on any atom is 0.253 e. The van der Waals surface area contributed by atoms with Gasteiger partial charge in [0.1, 0.15) is 4.90 Å². The van der Waals surface area contributed by atoms with Gasteiger partial charge in [-0.25, -0.2) is 13.1 Å². The lowest BCUT2D eigenvalue weighted by atomic mass is 9.89. The van der Waals surface area contributed by atoms with Crippen LogP contribution in [0.15, 0.2) is 23.1 Å². The molecular formula is C29H43Cl2N3O3S. The fourth-order valence-corrected chi connectivity index (χ4v) is 7.55. The molecule has 1 heterocycles. The highest BCUT2D eigenvalue weighted by Crippen LogP contribution is 2.40. The second-order valence-electron chi connectivity index (χ2n) is 11.6. The van der Waals surface area contributed by atoms with E-state index in [9.17, 15) is 13.2 Å². The van der Waals surface area contributed by atoms with Crippen LogP contribution in [0.3, 0.4) is 0 Å². The van der Waals surface area contributed by atoms with Gasteiger partial charge in [0, 0.05) is 29.9 Å². The van der Waals surface area contributed by atoms with Gasteiger partial charge >= 0.3 is 0 Å². The summed E-state index contributed by atoms with van der Waals surface area (Å²) >= 11 is 13.4. The number of carbonyl (C=O) groups is 1. The van der Waals surface area contributed by atoms with E-state index in [4.69, 9.17) is 23.2 Å². The Kier molecular flexibility index (Phi) is 10.4. The van der Waals surface area contributed by atoms with Crippen molar-refractivity contribution in [1.82, 2.24) is 14.6 Å². The van der Waals surface area contributed by atoms with Crippen LogP contribution in [0.25, 0.3) is 11.3 Å². The summed E-state index contributed by atoms with van der Waals surface area (Å²) in [5.74, 6) is 0.848. The third-order valence-corrected chi connectivity index (χ3v) is 10.3. The van der Waals surface area contributed by atoms with E-state index in [2.05, 4.69) is 28.5 Å². The summed E-state index contributed by atoms with van der Waals surface area (Å²) < 4.78 is 30.8. The zero-order valence-electron chi connectivity index (χ0n) is 23.6. The SMILES string of the molecule is CCC(CC)CNC(=O)c1cc(-c2ccc(S(=O)(=O)NC(C)(C)C)c(Cl)c2Cl)n(CC2CCCCC2)c1C. The smallest absolute Gasteiger partial charge is 0.253 e. The Morgan fingerprint density at radius 3 is 2.29 bits per heavy atom. The minimum Gasteiger partial charge on any atom is -0.352 e. The average molecular weight is 585 g/mol. The number of aromatic nitrogens is 1. The number of halogens is 2. The molecular weight excluding hydrogens is 541 g/mol. The van der Waals surface area contributed by atoms with Gasteiger partial charge in [0.15, 0.2) is 0 Å². The topological polar surface area (TPSA) is 80.2 Å². The molecule has 0 unspecified atom stereocenters. The highest BCUT2D eigenvalue weighted by atomic mass is 35.5. The first-order chi connectivity index (χ1) is 17.8. The lowest BCUT2D eigenvalue weighted by Crippen LogP contribution is -2.40. The molecule has 1 fully saturated rings. The molecule has 0 atom stereocenters. The molecule has 1 aromatic heterocycles. The zero-order valence-corrected chi connectivity index (χ0v) is 25.9. The molecule has 1 aliphatic rings. The fraction of sp³-hybridized carbons (Fsp3) is 0.621. The van der Waals surface area contributed by atoms with Crippen LogP contribution < -0.4 is 10.0 Å². The summed E-state index contributed by atoms with van der Waals surface area (Å²) in [5, 5.41) is 3.25. The van der Waals surface area contributed by atoms with E-state index in [1.807, 2.05) is 13.0 Å². The molecule has 0 bridgehead atoms. The summed E-state index contributed by atoms with van der Waals surface area (Å²) in [7, 11) is -3.88. The summed E-state index contributed by atoms with van der Waals surface area (Å²) in [6, 6.07) is 5.07. The van der Waals surface area contributed by atoms with Crippen molar-refractivity contribution in [1.29, 1.82) is 0 Å². The minimum atomic E-state index is -3.88. The van der Waals surface area contributed by atoms with Crippen LogP contribution in [0.1, 0.15) is 95.6 Å². The predicted molar refractivity (Wildman–Crippen MR) is 158 cm³/mol. The number of amides is 1.